The van der Waals surface area contributed by atoms with Gasteiger partial charge in [-0.3, -0.25) is 14.4 Å². The molecule has 6 aromatic carbocycles. The van der Waals surface area contributed by atoms with Crippen LogP contribution in [-0.4, -0.2) is 91.5 Å². The zero-order chi connectivity index (χ0) is 89.2. The minimum absolute atomic E-state index is 0.0672. The summed E-state index contributed by atoms with van der Waals surface area (Å²) in [6.45, 7) is 21.8. The highest BCUT2D eigenvalue weighted by molar-refractivity contribution is 6.17. The van der Waals surface area contributed by atoms with Crippen LogP contribution in [0.4, 0.5) is 0 Å². The van der Waals surface area contributed by atoms with E-state index in [0.717, 1.165) is 243 Å². The second kappa shape index (κ2) is 55.4. The number of aromatic nitrogens is 6. The quantitative estimate of drug-likeness (QED) is 0.0113. The van der Waals surface area contributed by atoms with E-state index >= 15 is 0 Å². The van der Waals surface area contributed by atoms with Crippen molar-refractivity contribution in [3.05, 3.63) is 237 Å². The third-order valence-corrected chi connectivity index (χ3v) is 21.8. The van der Waals surface area contributed by atoms with Gasteiger partial charge in [-0.25, -0.2) is 44.3 Å². The lowest BCUT2D eigenvalue weighted by molar-refractivity contribution is -0.331. The number of carbonyl (C=O) groups is 6. The highest BCUT2D eigenvalue weighted by Crippen LogP contribution is 2.32. The van der Waals surface area contributed by atoms with E-state index in [1.807, 2.05) is 110 Å². The standard InChI is InChI=1S/C105H128N6O15/c1-8-12-30-39-96-106-72-87(73-107-96)84-51-63-93(64-52-84)121-102(115)78(5)81-45-57-90(58-46-81)118-69-36-27-21-15-18-24-33-42-99(112)124-105(11-4,125-100(113)43-34-25-19-16-22-28-37-70-119-91-59-47-82(48-60-91)79(6)103(116)122-94-65-53-85(54-66-94)88-74-108-97(109-75-88)40-31-13-9-2)126-101(114)44-35-26-20-17-23-29-38-71-120-92-61-49-83(50-62-92)80(7)104(117)123-95-67-55-86(56-68-95)89-76-110-98(111-77-89)41-32-14-10-3/h45-68,72-77H,5-44,69-71H2,1-4H3. The molecule has 0 atom stereocenters. The molecule has 0 spiro atoms. The average Bonchev–Trinajstić information content (AvgIpc) is 0.840. The molecule has 0 aliphatic carbocycles. The lowest BCUT2D eigenvalue weighted by Gasteiger charge is -2.30. The van der Waals surface area contributed by atoms with Gasteiger partial charge in [0.15, 0.2) is 0 Å². The second-order valence-corrected chi connectivity index (χ2v) is 32.0. The van der Waals surface area contributed by atoms with E-state index in [4.69, 9.17) is 42.6 Å². The molecular formula is C105H128N6O15. The van der Waals surface area contributed by atoms with Crippen molar-refractivity contribution >= 4 is 52.5 Å². The van der Waals surface area contributed by atoms with Gasteiger partial charge < -0.3 is 42.6 Å². The molecule has 0 unspecified atom stereocenters. The summed E-state index contributed by atoms with van der Waals surface area (Å²) < 4.78 is 52.6. The van der Waals surface area contributed by atoms with E-state index in [0.29, 0.717) is 90.3 Å². The summed E-state index contributed by atoms with van der Waals surface area (Å²) in [7, 11) is 0. The molecule has 0 amide bonds. The molecule has 21 nitrogen and oxygen atoms in total. The van der Waals surface area contributed by atoms with Gasteiger partial charge in [-0.2, -0.15) is 0 Å². The average molecular weight is 1710 g/mol. The molecule has 0 fully saturated rings. The van der Waals surface area contributed by atoms with Crippen LogP contribution in [0.25, 0.3) is 50.1 Å². The SMILES string of the molecule is C=C(C(=O)Oc1ccc(-c2cnc(CCCCC)nc2)cc1)c1ccc(OCCCCCCCCCC(=O)OC(CC)(OC(=O)CCCCCCCCCOc2ccc(C(=C)C(=O)Oc3ccc(-c4cnc(CCCCC)nc4)cc3)cc2)OC(=O)CCCCCCCCCOc2ccc(C(=C)C(=O)Oc3ccc(-c4cnc(CCCCC)nc4)cc3)cc2)cc1. The molecule has 9 rings (SSSR count). The van der Waals surface area contributed by atoms with Crippen molar-refractivity contribution in [1.82, 2.24) is 29.9 Å². The monoisotopic (exact) mass is 1710 g/mol. The van der Waals surface area contributed by atoms with E-state index in [1.165, 1.54) is 0 Å². The van der Waals surface area contributed by atoms with Crippen LogP contribution in [-0.2, 0) is 62.2 Å². The summed E-state index contributed by atoms with van der Waals surface area (Å²) in [5, 5.41) is 0. The molecule has 0 aliphatic rings. The normalized spacial score (nSPS) is 11.1. The maximum atomic E-state index is 13.6. The van der Waals surface area contributed by atoms with Gasteiger partial charge in [0.1, 0.15) is 52.0 Å². The van der Waals surface area contributed by atoms with E-state index in [2.05, 4.69) is 70.4 Å². The minimum atomic E-state index is -2.18. The summed E-state index contributed by atoms with van der Waals surface area (Å²) in [5.74, 6) is 0.155. The van der Waals surface area contributed by atoms with Crippen molar-refractivity contribution in [2.45, 2.75) is 271 Å². The number of hydrogen-bond acceptors (Lipinski definition) is 21. The predicted octanol–water partition coefficient (Wildman–Crippen LogP) is 24.7. The number of ether oxygens (including phenoxy) is 9. The summed E-state index contributed by atoms with van der Waals surface area (Å²) in [4.78, 5) is 107. The fraction of sp³-hybridized carbons (Fsp3) is 0.429. The molecule has 0 radical (unpaired) electrons. The number of esters is 6. The Labute approximate surface area is 745 Å². The maximum Gasteiger partial charge on any atom is 0.423 e. The molecular weight excluding hydrogens is 1590 g/mol. The van der Waals surface area contributed by atoms with E-state index in [1.54, 1.807) is 79.7 Å². The molecule has 0 N–H and O–H groups in total. The van der Waals surface area contributed by atoms with Crippen LogP contribution >= 0.6 is 0 Å². The minimum Gasteiger partial charge on any atom is -0.494 e. The molecule has 0 saturated heterocycles. The smallest absolute Gasteiger partial charge is 0.423 e. The van der Waals surface area contributed by atoms with Crippen LogP contribution in [0.2, 0.25) is 0 Å². The first-order valence-electron chi connectivity index (χ1n) is 45.8. The molecule has 21 heteroatoms. The maximum absolute atomic E-state index is 13.6. The number of rotatable bonds is 61. The first kappa shape index (κ1) is 97.8. The third kappa shape index (κ3) is 35.2. The number of carbonyl (C=O) groups excluding carboxylic acids is 6. The number of hydrogen-bond donors (Lipinski definition) is 0. The topological polar surface area (TPSA) is 263 Å². The Hall–Kier alpha value is -12.0. The van der Waals surface area contributed by atoms with Crippen LogP contribution in [0, 0.1) is 0 Å². The molecule has 3 heterocycles. The Morgan fingerprint density at radius 3 is 0.714 bits per heavy atom. The Kier molecular flexibility index (Phi) is 43.0. The zero-order valence-electron chi connectivity index (χ0n) is 74.5. The van der Waals surface area contributed by atoms with Crippen molar-refractivity contribution in [1.29, 1.82) is 0 Å². The van der Waals surface area contributed by atoms with Crippen LogP contribution in [0.15, 0.2) is 203 Å². The summed E-state index contributed by atoms with van der Waals surface area (Å²) in [5.41, 5.74) is 8.01. The molecule has 0 bridgehead atoms. The molecule has 126 heavy (non-hydrogen) atoms. The Balaban J connectivity index is 0.635. The van der Waals surface area contributed by atoms with E-state index < -0.39 is 41.8 Å². The van der Waals surface area contributed by atoms with Crippen LogP contribution in [0.1, 0.15) is 280 Å². The number of nitrogens with zero attached hydrogens (tertiary/aromatic N) is 6. The van der Waals surface area contributed by atoms with Gasteiger partial charge in [0.2, 0.25) is 0 Å². The molecule has 9 aromatic rings. The zero-order valence-corrected chi connectivity index (χ0v) is 74.5. The van der Waals surface area contributed by atoms with Gasteiger partial charge in [-0.15, -0.1) is 0 Å². The van der Waals surface area contributed by atoms with Crippen molar-refractivity contribution in [2.24, 2.45) is 0 Å². The Bertz CT molecular complexity index is 4310. The van der Waals surface area contributed by atoms with Gasteiger partial charge in [-0.05, 0) is 164 Å². The number of unbranched alkanes of at least 4 members (excludes halogenated alkanes) is 24. The van der Waals surface area contributed by atoms with Crippen molar-refractivity contribution in [2.75, 3.05) is 19.8 Å². The fourth-order valence-corrected chi connectivity index (χ4v) is 14.0. The van der Waals surface area contributed by atoms with Crippen LogP contribution in [0.3, 0.4) is 0 Å². The van der Waals surface area contributed by atoms with Gasteiger partial charge in [0, 0.05) is 92.4 Å². The van der Waals surface area contributed by atoms with Gasteiger partial charge in [-0.1, -0.05) is 255 Å². The lowest BCUT2D eigenvalue weighted by Crippen LogP contribution is -2.44. The van der Waals surface area contributed by atoms with E-state index in [-0.39, 0.29) is 42.4 Å². The first-order valence-corrected chi connectivity index (χ1v) is 45.8. The van der Waals surface area contributed by atoms with Crippen LogP contribution in [0.5, 0.6) is 34.5 Å². The van der Waals surface area contributed by atoms with Gasteiger partial charge in [0.25, 0.3) is 0 Å². The number of aryl methyl sites for hydroxylation is 3. The van der Waals surface area contributed by atoms with Gasteiger partial charge in [0.05, 0.1) is 43.0 Å². The molecule has 0 aliphatic heterocycles. The largest absolute Gasteiger partial charge is 0.494 e. The molecule has 0 saturated carbocycles. The number of benzene rings is 6. The summed E-state index contributed by atoms with van der Waals surface area (Å²) >= 11 is 0. The van der Waals surface area contributed by atoms with Crippen molar-refractivity contribution in [3.8, 4) is 67.9 Å². The highest BCUT2D eigenvalue weighted by Gasteiger charge is 2.42. The lowest BCUT2D eigenvalue weighted by atomic mass is 10.1. The molecule has 668 valence electrons. The summed E-state index contributed by atoms with van der Waals surface area (Å²) in [6.07, 6.45) is 41.8. The Morgan fingerprint density at radius 2 is 0.484 bits per heavy atom. The Morgan fingerprint density at radius 1 is 0.262 bits per heavy atom. The molecule has 3 aromatic heterocycles. The highest BCUT2D eigenvalue weighted by atomic mass is 16.9. The summed E-state index contributed by atoms with van der Waals surface area (Å²) in [6, 6.07) is 43.4. The van der Waals surface area contributed by atoms with E-state index in [9.17, 15) is 28.8 Å². The first-order chi connectivity index (χ1) is 61.5. The second-order valence-electron chi connectivity index (χ2n) is 32.0. The van der Waals surface area contributed by atoms with Gasteiger partial charge >= 0.3 is 41.8 Å². The third-order valence-electron chi connectivity index (χ3n) is 21.8. The predicted molar refractivity (Wildman–Crippen MR) is 494 cm³/mol. The fourth-order valence-electron chi connectivity index (χ4n) is 14.0. The van der Waals surface area contributed by atoms with Crippen molar-refractivity contribution < 1.29 is 71.4 Å². The van der Waals surface area contributed by atoms with Crippen molar-refractivity contribution in [3.63, 3.8) is 0 Å². The van der Waals surface area contributed by atoms with Crippen LogP contribution < -0.4 is 28.4 Å².